The van der Waals surface area contributed by atoms with E-state index in [0.717, 1.165) is 51.4 Å². The predicted octanol–water partition coefficient (Wildman–Crippen LogP) is 4.02. The van der Waals surface area contributed by atoms with Gasteiger partial charge in [0.1, 0.15) is 5.82 Å². The number of carboxylic acid groups (broad SMARTS) is 1. The molecule has 0 atom stereocenters. The third-order valence-electron chi connectivity index (χ3n) is 5.93. The maximum absolute atomic E-state index is 14.8. The van der Waals surface area contributed by atoms with Gasteiger partial charge in [0.25, 0.3) is 5.91 Å². The molecule has 0 aliphatic heterocycles. The van der Waals surface area contributed by atoms with E-state index in [4.69, 9.17) is 5.11 Å². The molecular formula is C22H33FN4O3. The number of carbonyl (C=O) groups is 2. The Hall–Kier alpha value is -2.35. The molecule has 7 nitrogen and oxygen atoms in total. The van der Waals surface area contributed by atoms with Crippen molar-refractivity contribution in [3.8, 4) is 0 Å². The van der Waals surface area contributed by atoms with Crippen molar-refractivity contribution < 1.29 is 19.1 Å². The number of hydrogen-bond donors (Lipinski definition) is 5. The van der Waals surface area contributed by atoms with Crippen molar-refractivity contribution in [2.75, 3.05) is 17.2 Å². The van der Waals surface area contributed by atoms with E-state index in [2.05, 4.69) is 21.5 Å². The van der Waals surface area contributed by atoms with Crippen molar-refractivity contribution in [3.05, 3.63) is 23.5 Å². The zero-order valence-corrected chi connectivity index (χ0v) is 17.4. The molecule has 0 bridgehead atoms. The van der Waals surface area contributed by atoms with Crippen molar-refractivity contribution in [1.82, 2.24) is 10.9 Å². The van der Waals surface area contributed by atoms with Gasteiger partial charge >= 0.3 is 5.97 Å². The Kier molecular flexibility index (Phi) is 8.30. The van der Waals surface area contributed by atoms with Crippen molar-refractivity contribution in [2.24, 2.45) is 0 Å². The highest BCUT2D eigenvalue weighted by atomic mass is 19.1. The molecule has 0 unspecified atom stereocenters. The van der Waals surface area contributed by atoms with E-state index in [0.29, 0.717) is 24.3 Å². The van der Waals surface area contributed by atoms with Gasteiger partial charge in [0.15, 0.2) is 0 Å². The maximum atomic E-state index is 14.8. The molecule has 1 aromatic carbocycles. The molecule has 0 aromatic heterocycles. The van der Waals surface area contributed by atoms with Gasteiger partial charge in [-0.15, -0.1) is 0 Å². The van der Waals surface area contributed by atoms with Crippen LogP contribution in [0.4, 0.5) is 15.8 Å². The summed E-state index contributed by atoms with van der Waals surface area (Å²) in [4.78, 5) is 23.2. The van der Waals surface area contributed by atoms with Crippen LogP contribution in [-0.4, -0.2) is 35.6 Å². The summed E-state index contributed by atoms with van der Waals surface area (Å²) in [5.41, 5.74) is 6.61. The van der Waals surface area contributed by atoms with Crippen LogP contribution in [0.1, 0.15) is 81.0 Å². The SMILES string of the molecule is O=C(O)CCCNNC(=O)c1cc(F)c(NC2CCCCC2)cc1NC1CCCC1. The van der Waals surface area contributed by atoms with Crippen molar-refractivity contribution in [2.45, 2.75) is 82.7 Å². The monoisotopic (exact) mass is 420 g/mol. The van der Waals surface area contributed by atoms with Crippen LogP contribution in [-0.2, 0) is 4.79 Å². The third kappa shape index (κ3) is 6.58. The van der Waals surface area contributed by atoms with Crippen molar-refractivity contribution in [1.29, 1.82) is 0 Å². The molecule has 0 spiro atoms. The number of hydrazine groups is 1. The number of benzene rings is 1. The number of hydrogen-bond acceptors (Lipinski definition) is 5. The van der Waals surface area contributed by atoms with E-state index in [-0.39, 0.29) is 24.1 Å². The Balaban J connectivity index is 1.70. The first-order valence-corrected chi connectivity index (χ1v) is 11.1. The van der Waals surface area contributed by atoms with Gasteiger partial charge in [0.2, 0.25) is 0 Å². The topological polar surface area (TPSA) is 102 Å². The largest absolute Gasteiger partial charge is 0.481 e. The van der Waals surface area contributed by atoms with Crippen LogP contribution in [0.5, 0.6) is 0 Å². The number of rotatable bonds is 10. The number of aliphatic carboxylic acids is 1. The Labute approximate surface area is 177 Å². The molecule has 8 heteroatoms. The van der Waals surface area contributed by atoms with Gasteiger partial charge in [-0.05, 0) is 44.2 Å². The molecule has 166 valence electrons. The summed E-state index contributed by atoms with van der Waals surface area (Å²) >= 11 is 0. The number of carboxylic acids is 1. The summed E-state index contributed by atoms with van der Waals surface area (Å²) in [5, 5.41) is 15.4. The average Bonchev–Trinajstić information content (AvgIpc) is 3.23. The fraction of sp³-hybridized carbons (Fsp3) is 0.636. The Morgan fingerprint density at radius 2 is 1.53 bits per heavy atom. The van der Waals surface area contributed by atoms with Crippen molar-refractivity contribution in [3.63, 3.8) is 0 Å². The van der Waals surface area contributed by atoms with Crippen LogP contribution in [0.25, 0.3) is 0 Å². The fourth-order valence-corrected chi connectivity index (χ4v) is 4.29. The molecule has 2 aliphatic rings. The third-order valence-corrected chi connectivity index (χ3v) is 5.93. The number of carbonyl (C=O) groups excluding carboxylic acids is 1. The van der Waals surface area contributed by atoms with Crippen LogP contribution in [0, 0.1) is 5.82 Å². The Bertz CT molecular complexity index is 731. The van der Waals surface area contributed by atoms with Gasteiger partial charge in [-0.3, -0.25) is 15.0 Å². The first kappa shape index (κ1) is 22.3. The first-order chi connectivity index (χ1) is 14.5. The Morgan fingerprint density at radius 3 is 2.17 bits per heavy atom. The van der Waals surface area contributed by atoms with Crippen LogP contribution in [0.3, 0.4) is 0 Å². The lowest BCUT2D eigenvalue weighted by atomic mass is 9.95. The summed E-state index contributed by atoms with van der Waals surface area (Å²) in [7, 11) is 0. The highest BCUT2D eigenvalue weighted by molar-refractivity contribution is 6.00. The maximum Gasteiger partial charge on any atom is 0.303 e. The zero-order chi connectivity index (χ0) is 21.3. The lowest BCUT2D eigenvalue weighted by molar-refractivity contribution is -0.137. The molecule has 2 fully saturated rings. The van der Waals surface area contributed by atoms with Crippen LogP contribution < -0.4 is 21.5 Å². The number of anilines is 2. The molecule has 2 saturated carbocycles. The van der Waals surface area contributed by atoms with Gasteiger partial charge in [0.05, 0.1) is 11.3 Å². The van der Waals surface area contributed by atoms with Gasteiger partial charge in [0, 0.05) is 30.7 Å². The van der Waals surface area contributed by atoms with E-state index in [1.54, 1.807) is 6.07 Å². The van der Waals surface area contributed by atoms with Crippen LogP contribution in [0.15, 0.2) is 12.1 Å². The molecule has 3 rings (SSSR count). The standard InChI is InChI=1S/C22H33FN4O3/c23-18-13-17(22(30)27-24-12-6-11-21(28)29)19(25-15-9-4-5-10-15)14-20(18)26-16-7-2-1-3-8-16/h13-16,24-26H,1-12H2,(H,27,30)(H,28,29). The lowest BCUT2D eigenvalue weighted by Gasteiger charge is -2.25. The van der Waals surface area contributed by atoms with E-state index >= 15 is 0 Å². The van der Waals surface area contributed by atoms with Crippen molar-refractivity contribution >= 4 is 23.3 Å². The molecule has 5 N–H and O–H groups in total. The van der Waals surface area contributed by atoms with Gasteiger partial charge in [-0.25, -0.2) is 9.82 Å². The second-order valence-corrected chi connectivity index (χ2v) is 8.36. The zero-order valence-electron chi connectivity index (χ0n) is 17.4. The molecule has 0 heterocycles. The molecule has 1 amide bonds. The summed E-state index contributed by atoms with van der Waals surface area (Å²) < 4.78 is 14.8. The fourth-order valence-electron chi connectivity index (χ4n) is 4.29. The highest BCUT2D eigenvalue weighted by Crippen LogP contribution is 2.30. The molecule has 0 radical (unpaired) electrons. The molecule has 2 aliphatic carbocycles. The number of halogens is 1. The molecule has 30 heavy (non-hydrogen) atoms. The number of nitrogens with one attached hydrogen (secondary N) is 4. The van der Waals surface area contributed by atoms with Gasteiger partial charge in [-0.1, -0.05) is 32.1 Å². The normalized spacial score (nSPS) is 17.6. The summed E-state index contributed by atoms with van der Waals surface area (Å²) in [6.45, 7) is 0.327. The average molecular weight is 421 g/mol. The lowest BCUT2D eigenvalue weighted by Crippen LogP contribution is -2.38. The highest BCUT2D eigenvalue weighted by Gasteiger charge is 2.22. The number of amides is 1. The second kappa shape index (κ2) is 11.2. The van der Waals surface area contributed by atoms with Gasteiger partial charge in [-0.2, -0.15) is 0 Å². The minimum atomic E-state index is -0.880. The first-order valence-electron chi connectivity index (χ1n) is 11.1. The predicted molar refractivity (Wildman–Crippen MR) is 115 cm³/mol. The minimum absolute atomic E-state index is 0.0213. The van der Waals surface area contributed by atoms with Gasteiger partial charge < -0.3 is 15.7 Å². The van der Waals surface area contributed by atoms with Crippen LogP contribution >= 0.6 is 0 Å². The molecule has 0 saturated heterocycles. The summed E-state index contributed by atoms with van der Waals surface area (Å²) in [5.74, 6) is -1.75. The quantitative estimate of drug-likeness (QED) is 0.289. The van der Waals surface area contributed by atoms with E-state index in [1.807, 2.05) is 0 Å². The smallest absolute Gasteiger partial charge is 0.303 e. The Morgan fingerprint density at radius 1 is 0.933 bits per heavy atom. The summed E-state index contributed by atoms with van der Waals surface area (Å²) in [6, 6.07) is 3.56. The van der Waals surface area contributed by atoms with E-state index in [1.165, 1.54) is 12.5 Å². The molecular weight excluding hydrogens is 387 g/mol. The molecule has 1 aromatic rings. The minimum Gasteiger partial charge on any atom is -0.481 e. The van der Waals surface area contributed by atoms with E-state index in [9.17, 15) is 14.0 Å². The summed E-state index contributed by atoms with van der Waals surface area (Å²) in [6.07, 6.45) is 10.4. The second-order valence-electron chi connectivity index (χ2n) is 8.36. The van der Waals surface area contributed by atoms with Crippen LogP contribution in [0.2, 0.25) is 0 Å². The van der Waals surface area contributed by atoms with E-state index < -0.39 is 17.7 Å².